The van der Waals surface area contributed by atoms with Gasteiger partial charge in [-0.3, -0.25) is 4.72 Å². The maximum atomic E-state index is 11.2. The first-order valence-corrected chi connectivity index (χ1v) is 7.81. The third kappa shape index (κ3) is 2.50. The van der Waals surface area contributed by atoms with Crippen LogP contribution in [-0.4, -0.2) is 34.5 Å². The third-order valence-electron chi connectivity index (χ3n) is 2.69. The number of H-pyrrole nitrogens is 1. The van der Waals surface area contributed by atoms with E-state index in [2.05, 4.69) is 19.9 Å². The highest BCUT2D eigenvalue weighted by Gasteiger charge is 2.09. The van der Waals surface area contributed by atoms with Crippen LogP contribution in [0.2, 0.25) is 0 Å². The van der Waals surface area contributed by atoms with Crippen molar-refractivity contribution in [1.29, 1.82) is 0 Å². The number of hydrogen-bond donors (Lipinski definition) is 2. The molecule has 20 heavy (non-hydrogen) atoms. The van der Waals surface area contributed by atoms with Crippen LogP contribution in [-0.2, 0) is 10.0 Å². The summed E-state index contributed by atoms with van der Waals surface area (Å²) in [4.78, 5) is 3.13. The topological polar surface area (TPSA) is 92.1 Å². The van der Waals surface area contributed by atoms with Crippen LogP contribution in [0.4, 0.5) is 5.69 Å². The Bertz CT molecular complexity index is 847. The fourth-order valence-electron chi connectivity index (χ4n) is 1.97. The number of sulfonamides is 1. The number of aryl methyl sites for hydroxylation is 1. The molecule has 0 fully saturated rings. The van der Waals surface area contributed by atoms with Crippen molar-refractivity contribution in [3.63, 3.8) is 0 Å². The van der Waals surface area contributed by atoms with Crippen molar-refractivity contribution in [1.82, 2.24) is 19.8 Å². The Morgan fingerprint density at radius 1 is 1.25 bits per heavy atom. The zero-order valence-electron chi connectivity index (χ0n) is 11.0. The van der Waals surface area contributed by atoms with Crippen LogP contribution in [0.1, 0.15) is 5.69 Å². The van der Waals surface area contributed by atoms with E-state index < -0.39 is 10.0 Å². The number of rotatable bonds is 3. The Balaban J connectivity index is 2.00. The Kier molecular flexibility index (Phi) is 2.75. The van der Waals surface area contributed by atoms with Crippen molar-refractivity contribution in [3.8, 4) is 11.4 Å². The third-order valence-corrected chi connectivity index (χ3v) is 3.30. The summed E-state index contributed by atoms with van der Waals surface area (Å²) in [5.41, 5.74) is 2.94. The molecule has 0 saturated carbocycles. The van der Waals surface area contributed by atoms with Gasteiger partial charge in [0.15, 0.2) is 11.5 Å². The van der Waals surface area contributed by atoms with Gasteiger partial charge >= 0.3 is 0 Å². The lowest BCUT2D eigenvalue weighted by atomic mass is 10.2. The zero-order chi connectivity index (χ0) is 14.3. The average molecular weight is 291 g/mol. The minimum Gasteiger partial charge on any atom is -0.321 e. The van der Waals surface area contributed by atoms with Crippen molar-refractivity contribution < 1.29 is 8.42 Å². The first-order valence-electron chi connectivity index (χ1n) is 5.92. The van der Waals surface area contributed by atoms with Crippen molar-refractivity contribution in [2.75, 3.05) is 11.0 Å². The van der Waals surface area contributed by atoms with E-state index in [0.29, 0.717) is 11.5 Å². The normalized spacial score (nSPS) is 11.9. The van der Waals surface area contributed by atoms with Crippen molar-refractivity contribution in [2.45, 2.75) is 6.92 Å². The largest absolute Gasteiger partial charge is 0.321 e. The van der Waals surface area contributed by atoms with Crippen LogP contribution in [0.25, 0.3) is 17.0 Å². The van der Waals surface area contributed by atoms with Crippen LogP contribution in [0.15, 0.2) is 30.3 Å². The highest BCUT2D eigenvalue weighted by atomic mass is 32.2. The van der Waals surface area contributed by atoms with Crippen LogP contribution < -0.4 is 4.72 Å². The number of aromatic amines is 1. The highest BCUT2D eigenvalue weighted by molar-refractivity contribution is 7.92. The van der Waals surface area contributed by atoms with E-state index in [1.54, 1.807) is 18.2 Å². The van der Waals surface area contributed by atoms with Gasteiger partial charge in [0.2, 0.25) is 10.0 Å². The summed E-state index contributed by atoms with van der Waals surface area (Å²) in [6.07, 6.45) is 1.11. The van der Waals surface area contributed by atoms with E-state index in [0.717, 1.165) is 23.2 Å². The van der Waals surface area contributed by atoms with Crippen LogP contribution in [0, 0.1) is 6.92 Å². The smallest absolute Gasteiger partial charge is 0.229 e. The molecule has 8 heteroatoms. The van der Waals surface area contributed by atoms with Gasteiger partial charge in [0.1, 0.15) is 0 Å². The molecule has 0 unspecified atom stereocenters. The molecule has 0 radical (unpaired) electrons. The molecule has 0 bridgehead atoms. The van der Waals surface area contributed by atoms with Gasteiger partial charge in [-0.25, -0.2) is 8.42 Å². The molecule has 2 aromatic heterocycles. The predicted molar refractivity (Wildman–Crippen MR) is 76.0 cm³/mol. The van der Waals surface area contributed by atoms with Crippen molar-refractivity contribution in [3.05, 3.63) is 36.0 Å². The van der Waals surface area contributed by atoms with Crippen LogP contribution >= 0.6 is 0 Å². The molecule has 0 saturated heterocycles. The maximum absolute atomic E-state index is 11.2. The second kappa shape index (κ2) is 4.34. The molecule has 0 amide bonds. The lowest BCUT2D eigenvalue weighted by Crippen LogP contribution is -2.09. The van der Waals surface area contributed by atoms with Gasteiger partial charge in [-0.05, 0) is 19.1 Å². The van der Waals surface area contributed by atoms with E-state index in [1.165, 1.54) is 4.63 Å². The molecule has 0 spiro atoms. The number of fused-ring (bicyclic) bond motifs is 1. The van der Waals surface area contributed by atoms with E-state index in [1.807, 2.05) is 19.1 Å². The van der Waals surface area contributed by atoms with Gasteiger partial charge in [0, 0.05) is 17.3 Å². The molecular formula is C12H13N5O2S. The summed E-state index contributed by atoms with van der Waals surface area (Å²) < 4.78 is 26.4. The highest BCUT2D eigenvalue weighted by Crippen LogP contribution is 2.21. The summed E-state index contributed by atoms with van der Waals surface area (Å²) in [6, 6.07) is 8.89. The lowest BCUT2D eigenvalue weighted by molar-refractivity contribution is 0.607. The number of nitrogens with zero attached hydrogens (tertiary/aromatic N) is 3. The molecule has 104 valence electrons. The number of hydrogen-bond acceptors (Lipinski definition) is 4. The molecule has 3 rings (SSSR count). The van der Waals surface area contributed by atoms with Gasteiger partial charge < -0.3 is 4.98 Å². The van der Waals surface area contributed by atoms with E-state index in [-0.39, 0.29) is 0 Å². The van der Waals surface area contributed by atoms with Gasteiger partial charge in [-0.2, -0.15) is 5.10 Å². The van der Waals surface area contributed by atoms with Crippen molar-refractivity contribution >= 4 is 21.4 Å². The summed E-state index contributed by atoms with van der Waals surface area (Å²) in [6.45, 7) is 1.89. The molecular weight excluding hydrogens is 278 g/mol. The Morgan fingerprint density at radius 3 is 2.75 bits per heavy atom. The summed E-state index contributed by atoms with van der Waals surface area (Å²) in [5.74, 6) is 0.629. The fourth-order valence-corrected chi connectivity index (χ4v) is 2.52. The predicted octanol–water partition coefficient (Wildman–Crippen LogP) is 1.40. The molecule has 2 heterocycles. The molecule has 2 N–H and O–H groups in total. The zero-order valence-corrected chi connectivity index (χ0v) is 11.8. The number of aromatic nitrogens is 4. The standard InChI is InChI=1S/C12H13N5O2S/c1-8-6-11-13-12(15-17(11)14-8)9-4-3-5-10(7-9)16-20(2,18)19/h3-7,16H,1-2H3,(H,13,15). The Morgan fingerprint density at radius 2 is 2.05 bits per heavy atom. The van der Waals surface area contributed by atoms with Crippen molar-refractivity contribution in [2.24, 2.45) is 0 Å². The number of benzene rings is 1. The number of anilines is 1. The summed E-state index contributed by atoms with van der Waals surface area (Å²) >= 11 is 0. The second-order valence-corrected chi connectivity index (χ2v) is 6.34. The minimum atomic E-state index is -3.29. The van der Waals surface area contributed by atoms with Crippen LogP contribution in [0.5, 0.6) is 0 Å². The summed E-state index contributed by atoms with van der Waals surface area (Å²) in [7, 11) is -3.29. The van der Waals surface area contributed by atoms with E-state index in [4.69, 9.17) is 0 Å². The molecule has 0 atom stereocenters. The average Bonchev–Trinajstić information content (AvgIpc) is 2.84. The van der Waals surface area contributed by atoms with Gasteiger partial charge in [0.05, 0.1) is 11.9 Å². The molecule has 1 aromatic carbocycles. The minimum absolute atomic E-state index is 0.496. The molecule has 0 aliphatic rings. The first kappa shape index (κ1) is 12.7. The quantitative estimate of drug-likeness (QED) is 0.763. The van der Waals surface area contributed by atoms with Gasteiger partial charge in [-0.15, -0.1) is 9.73 Å². The molecule has 7 nitrogen and oxygen atoms in total. The molecule has 3 aromatic rings. The van der Waals surface area contributed by atoms with E-state index >= 15 is 0 Å². The summed E-state index contributed by atoms with van der Waals surface area (Å²) in [5, 5.41) is 8.52. The van der Waals surface area contributed by atoms with Gasteiger partial charge in [-0.1, -0.05) is 12.1 Å². The number of nitrogens with one attached hydrogen (secondary N) is 2. The first-order chi connectivity index (χ1) is 9.40. The SMILES string of the molecule is Cc1cc2[nH]c(-c3cccc(NS(C)(=O)=O)c3)nn2n1. The lowest BCUT2D eigenvalue weighted by Gasteiger charge is -2.04. The second-order valence-electron chi connectivity index (χ2n) is 4.59. The van der Waals surface area contributed by atoms with Gasteiger partial charge in [0.25, 0.3) is 0 Å². The molecule has 0 aliphatic carbocycles. The molecule has 0 aliphatic heterocycles. The fraction of sp³-hybridized carbons (Fsp3) is 0.167. The maximum Gasteiger partial charge on any atom is 0.229 e. The monoisotopic (exact) mass is 291 g/mol. The van der Waals surface area contributed by atoms with Crippen LogP contribution in [0.3, 0.4) is 0 Å². The Hall–Kier alpha value is -2.35. The van der Waals surface area contributed by atoms with E-state index in [9.17, 15) is 8.42 Å². The Labute approximate surface area is 115 Å².